The van der Waals surface area contributed by atoms with E-state index in [1.807, 2.05) is 39.0 Å². The third-order valence-corrected chi connectivity index (χ3v) is 3.34. The molecule has 2 N–H and O–H groups in total. The van der Waals surface area contributed by atoms with Crippen molar-refractivity contribution in [3.8, 4) is 11.8 Å². The molecule has 104 valence electrons. The van der Waals surface area contributed by atoms with Gasteiger partial charge in [0, 0.05) is 10.5 Å². The average molecular weight is 325 g/mol. The molecule has 0 aromatic heterocycles. The van der Waals surface area contributed by atoms with Crippen LogP contribution in [0, 0.1) is 16.7 Å². The molecule has 0 saturated heterocycles. The summed E-state index contributed by atoms with van der Waals surface area (Å²) in [5.41, 5.74) is 6.59. The second-order valence-electron chi connectivity index (χ2n) is 5.53. The molecule has 0 radical (unpaired) electrons. The summed E-state index contributed by atoms with van der Waals surface area (Å²) in [6.07, 6.45) is 1.48. The van der Waals surface area contributed by atoms with Gasteiger partial charge in [-0.05, 0) is 57.4 Å². The molecule has 0 aliphatic heterocycles. The van der Waals surface area contributed by atoms with Gasteiger partial charge in [-0.1, -0.05) is 15.9 Å². The fourth-order valence-electron chi connectivity index (χ4n) is 1.67. The van der Waals surface area contributed by atoms with E-state index in [2.05, 4.69) is 22.0 Å². The molecule has 1 atom stereocenters. The lowest BCUT2D eigenvalue weighted by atomic mass is 9.92. The predicted octanol–water partition coefficient (Wildman–Crippen LogP) is 3.66. The van der Waals surface area contributed by atoms with Crippen molar-refractivity contribution in [2.75, 3.05) is 6.61 Å². The van der Waals surface area contributed by atoms with E-state index in [-0.39, 0.29) is 11.5 Å². The number of nitrogens with two attached hydrogens (primary N) is 1. The summed E-state index contributed by atoms with van der Waals surface area (Å²) in [7, 11) is 0. The van der Waals surface area contributed by atoms with E-state index in [9.17, 15) is 0 Å². The molecule has 0 spiro atoms. The highest BCUT2D eigenvalue weighted by Crippen LogP contribution is 2.26. The number of hydrogen-bond acceptors (Lipinski definition) is 3. The minimum atomic E-state index is -0.351. The largest absolute Gasteiger partial charge is 0.493 e. The van der Waals surface area contributed by atoms with Crippen LogP contribution in [0.1, 0.15) is 32.8 Å². The first-order valence-electron chi connectivity index (χ1n) is 6.42. The van der Waals surface area contributed by atoms with E-state index in [1.165, 1.54) is 0 Å². The van der Waals surface area contributed by atoms with E-state index in [0.717, 1.165) is 22.2 Å². The Kier molecular flexibility index (Phi) is 5.84. The van der Waals surface area contributed by atoms with Gasteiger partial charge in [-0.2, -0.15) is 5.26 Å². The lowest BCUT2D eigenvalue weighted by Gasteiger charge is -2.17. The number of benzene rings is 1. The minimum absolute atomic E-state index is 0.0900. The minimum Gasteiger partial charge on any atom is -0.493 e. The van der Waals surface area contributed by atoms with Crippen molar-refractivity contribution in [3.05, 3.63) is 28.2 Å². The van der Waals surface area contributed by atoms with E-state index >= 15 is 0 Å². The van der Waals surface area contributed by atoms with Gasteiger partial charge in [-0.15, -0.1) is 0 Å². The molecule has 0 aliphatic carbocycles. The normalized spacial score (nSPS) is 12.8. The molecule has 1 rings (SSSR count). The van der Waals surface area contributed by atoms with Crippen molar-refractivity contribution in [3.63, 3.8) is 0 Å². The summed E-state index contributed by atoms with van der Waals surface area (Å²) in [6, 6.07) is 8.30. The zero-order valence-electron chi connectivity index (χ0n) is 11.7. The first-order chi connectivity index (χ1) is 8.84. The van der Waals surface area contributed by atoms with Crippen LogP contribution in [0.25, 0.3) is 0 Å². The summed E-state index contributed by atoms with van der Waals surface area (Å²) in [4.78, 5) is 0. The molecule has 0 amide bonds. The highest BCUT2D eigenvalue weighted by molar-refractivity contribution is 9.10. The fraction of sp³-hybridized carbons (Fsp3) is 0.533. The van der Waals surface area contributed by atoms with Crippen molar-refractivity contribution in [2.24, 2.45) is 11.1 Å². The van der Waals surface area contributed by atoms with Crippen molar-refractivity contribution >= 4 is 15.9 Å². The van der Waals surface area contributed by atoms with Crippen LogP contribution >= 0.6 is 15.9 Å². The molecule has 3 nitrogen and oxygen atoms in total. The maximum atomic E-state index is 8.97. The molecular formula is C15H21BrN2O. The number of rotatable bonds is 6. The molecule has 0 heterocycles. The van der Waals surface area contributed by atoms with Crippen LogP contribution in [0.3, 0.4) is 0 Å². The monoisotopic (exact) mass is 324 g/mol. The van der Waals surface area contributed by atoms with Gasteiger partial charge in [-0.3, -0.25) is 0 Å². The summed E-state index contributed by atoms with van der Waals surface area (Å²) in [6.45, 7) is 6.35. The number of halogens is 1. The Balaban J connectivity index is 2.70. The smallest absolute Gasteiger partial charge is 0.122 e. The zero-order valence-corrected chi connectivity index (χ0v) is 13.3. The summed E-state index contributed by atoms with van der Waals surface area (Å²) in [5.74, 6) is 0.856. The summed E-state index contributed by atoms with van der Waals surface area (Å²) in [5, 5.41) is 8.97. The van der Waals surface area contributed by atoms with E-state index in [4.69, 9.17) is 15.7 Å². The summed E-state index contributed by atoms with van der Waals surface area (Å²) < 4.78 is 6.82. The lowest BCUT2D eigenvalue weighted by molar-refractivity contribution is 0.262. The number of nitrogens with zero attached hydrogens (tertiary/aromatic N) is 1. The quantitative estimate of drug-likeness (QED) is 0.868. The Morgan fingerprint density at radius 3 is 2.74 bits per heavy atom. The van der Waals surface area contributed by atoms with Crippen molar-refractivity contribution in [1.29, 1.82) is 5.26 Å². The topological polar surface area (TPSA) is 59.0 Å². The molecule has 0 fully saturated rings. The number of ether oxygens (including phenoxy) is 1. The van der Waals surface area contributed by atoms with E-state index in [1.54, 1.807) is 0 Å². The second-order valence-corrected chi connectivity index (χ2v) is 6.44. The van der Waals surface area contributed by atoms with Gasteiger partial charge in [0.15, 0.2) is 0 Å². The molecule has 0 aliphatic rings. The van der Waals surface area contributed by atoms with Crippen LogP contribution in [0.15, 0.2) is 22.7 Å². The van der Waals surface area contributed by atoms with Gasteiger partial charge in [0.1, 0.15) is 5.75 Å². The number of nitriles is 1. The Morgan fingerprint density at radius 1 is 1.47 bits per heavy atom. The first kappa shape index (κ1) is 16.0. The van der Waals surface area contributed by atoms with Gasteiger partial charge in [-0.25, -0.2) is 0 Å². The molecule has 4 heteroatoms. The highest BCUT2D eigenvalue weighted by Gasteiger charge is 2.17. The maximum absolute atomic E-state index is 8.97. The third-order valence-electron chi connectivity index (χ3n) is 2.85. The molecule has 19 heavy (non-hydrogen) atoms. The first-order valence-corrected chi connectivity index (χ1v) is 7.21. The standard InChI is InChI=1S/C15H21BrN2O/c1-11(18)8-12-9-13(16)4-5-14(12)19-7-6-15(2,3)10-17/h4-5,9,11H,6-8,18H2,1-3H3. The van der Waals surface area contributed by atoms with Gasteiger partial charge in [0.2, 0.25) is 0 Å². The fourth-order valence-corrected chi connectivity index (χ4v) is 2.08. The Hall–Kier alpha value is -1.05. The van der Waals surface area contributed by atoms with Gasteiger partial charge < -0.3 is 10.5 Å². The van der Waals surface area contributed by atoms with Crippen molar-refractivity contribution in [2.45, 2.75) is 39.7 Å². The van der Waals surface area contributed by atoms with Gasteiger partial charge in [0.25, 0.3) is 0 Å². The van der Waals surface area contributed by atoms with Crippen LogP contribution in [0.4, 0.5) is 0 Å². The van der Waals surface area contributed by atoms with Crippen LogP contribution < -0.4 is 10.5 Å². The summed E-state index contributed by atoms with van der Waals surface area (Å²) >= 11 is 3.46. The molecule has 0 saturated carbocycles. The second kappa shape index (κ2) is 6.93. The Labute approximate surface area is 123 Å². The van der Waals surface area contributed by atoms with Gasteiger partial charge in [0.05, 0.1) is 18.1 Å². The van der Waals surface area contributed by atoms with E-state index < -0.39 is 0 Å². The Bertz CT molecular complexity index is 464. The molecule has 1 aromatic rings. The third kappa shape index (κ3) is 5.63. The Morgan fingerprint density at radius 2 is 2.16 bits per heavy atom. The average Bonchev–Trinajstić information content (AvgIpc) is 2.31. The molecule has 1 unspecified atom stereocenters. The van der Waals surface area contributed by atoms with E-state index in [0.29, 0.717) is 13.0 Å². The van der Waals surface area contributed by atoms with Crippen LogP contribution in [-0.2, 0) is 6.42 Å². The lowest BCUT2D eigenvalue weighted by Crippen LogP contribution is -2.19. The predicted molar refractivity (Wildman–Crippen MR) is 81.0 cm³/mol. The molecule has 0 bridgehead atoms. The SMILES string of the molecule is CC(N)Cc1cc(Br)ccc1OCCC(C)(C)C#N. The van der Waals surface area contributed by atoms with Crippen LogP contribution in [-0.4, -0.2) is 12.6 Å². The van der Waals surface area contributed by atoms with Crippen LogP contribution in [0.5, 0.6) is 5.75 Å². The maximum Gasteiger partial charge on any atom is 0.122 e. The van der Waals surface area contributed by atoms with Gasteiger partial charge >= 0.3 is 0 Å². The molecular weight excluding hydrogens is 304 g/mol. The zero-order chi connectivity index (χ0) is 14.5. The molecule has 1 aromatic carbocycles. The highest BCUT2D eigenvalue weighted by atomic mass is 79.9. The van der Waals surface area contributed by atoms with Crippen molar-refractivity contribution < 1.29 is 4.74 Å². The van der Waals surface area contributed by atoms with Crippen LogP contribution in [0.2, 0.25) is 0 Å². The number of hydrogen-bond donors (Lipinski definition) is 1. The van der Waals surface area contributed by atoms with Crippen molar-refractivity contribution in [1.82, 2.24) is 0 Å².